The van der Waals surface area contributed by atoms with E-state index in [1.165, 1.54) is 56.1 Å². The van der Waals surface area contributed by atoms with Crippen molar-refractivity contribution in [2.75, 3.05) is 13.6 Å². The van der Waals surface area contributed by atoms with Gasteiger partial charge in [0.2, 0.25) is 0 Å². The number of likely N-dealkylation sites (N-methyl/N-ethyl adjacent to an activating group) is 1. The molecule has 2 unspecified atom stereocenters. The minimum atomic E-state index is 0.0606. The Hall–Kier alpha value is -0.860. The fourth-order valence-electron chi connectivity index (χ4n) is 4.64. The summed E-state index contributed by atoms with van der Waals surface area (Å²) in [6, 6.07) is 9.73. The molecule has 2 N–H and O–H groups in total. The highest BCUT2D eigenvalue weighted by atomic mass is 15.2. The van der Waals surface area contributed by atoms with Gasteiger partial charge in [0.1, 0.15) is 0 Å². The van der Waals surface area contributed by atoms with Gasteiger partial charge in [0.05, 0.1) is 5.54 Å². The first-order valence-corrected chi connectivity index (χ1v) is 8.71. The van der Waals surface area contributed by atoms with E-state index in [0.717, 1.165) is 6.54 Å². The minimum absolute atomic E-state index is 0.0606. The molecular formula is C19H30N2. The van der Waals surface area contributed by atoms with Gasteiger partial charge < -0.3 is 5.73 Å². The summed E-state index contributed by atoms with van der Waals surface area (Å²) in [6.45, 7) is 3.10. The number of hydrogen-bond acceptors (Lipinski definition) is 2. The Morgan fingerprint density at radius 2 is 1.86 bits per heavy atom. The second kappa shape index (κ2) is 6.10. The van der Waals surface area contributed by atoms with Crippen LogP contribution in [0.2, 0.25) is 0 Å². The van der Waals surface area contributed by atoms with Gasteiger partial charge in [0.15, 0.2) is 0 Å². The molecule has 0 aromatic heterocycles. The molecule has 1 aromatic carbocycles. The second-order valence-corrected chi connectivity index (χ2v) is 7.17. The van der Waals surface area contributed by atoms with Crippen molar-refractivity contribution in [3.63, 3.8) is 0 Å². The normalized spacial score (nSPS) is 30.4. The van der Waals surface area contributed by atoms with Crippen LogP contribution in [-0.2, 0) is 5.54 Å². The summed E-state index contributed by atoms with van der Waals surface area (Å²) in [4.78, 5) is 2.65. The first kappa shape index (κ1) is 15.1. The number of fused-ring (bicyclic) bond motifs is 1. The van der Waals surface area contributed by atoms with Crippen LogP contribution >= 0.6 is 0 Å². The van der Waals surface area contributed by atoms with E-state index in [-0.39, 0.29) is 5.54 Å². The number of nitrogens with two attached hydrogens (primary N) is 1. The zero-order valence-corrected chi connectivity index (χ0v) is 13.6. The van der Waals surface area contributed by atoms with Gasteiger partial charge in [-0.15, -0.1) is 0 Å². The van der Waals surface area contributed by atoms with Crippen LogP contribution in [0.5, 0.6) is 0 Å². The maximum absolute atomic E-state index is 6.36. The van der Waals surface area contributed by atoms with Gasteiger partial charge in [-0.2, -0.15) is 0 Å². The van der Waals surface area contributed by atoms with E-state index in [1.807, 2.05) is 0 Å². The molecule has 1 saturated carbocycles. The molecule has 3 rings (SSSR count). The van der Waals surface area contributed by atoms with Gasteiger partial charge in [-0.25, -0.2) is 0 Å². The fourth-order valence-corrected chi connectivity index (χ4v) is 4.64. The van der Waals surface area contributed by atoms with E-state index in [2.05, 4.69) is 43.1 Å². The second-order valence-electron chi connectivity index (χ2n) is 7.17. The molecule has 0 spiro atoms. The van der Waals surface area contributed by atoms with Gasteiger partial charge in [-0.1, -0.05) is 50.5 Å². The molecular weight excluding hydrogens is 256 g/mol. The lowest BCUT2D eigenvalue weighted by Gasteiger charge is -2.50. The van der Waals surface area contributed by atoms with E-state index in [1.54, 1.807) is 0 Å². The van der Waals surface area contributed by atoms with Crippen molar-refractivity contribution in [2.45, 2.75) is 69.4 Å². The summed E-state index contributed by atoms with van der Waals surface area (Å²) < 4.78 is 0. The summed E-state index contributed by atoms with van der Waals surface area (Å²) in [7, 11) is 2.33. The van der Waals surface area contributed by atoms with E-state index in [9.17, 15) is 0 Å². The lowest BCUT2D eigenvalue weighted by molar-refractivity contribution is 0.0386. The van der Waals surface area contributed by atoms with E-state index < -0.39 is 0 Å². The van der Waals surface area contributed by atoms with Crippen LogP contribution in [0.4, 0.5) is 0 Å². The monoisotopic (exact) mass is 286 g/mol. The zero-order chi connectivity index (χ0) is 14.9. The largest absolute Gasteiger partial charge is 0.328 e. The van der Waals surface area contributed by atoms with Crippen molar-refractivity contribution in [3.05, 3.63) is 35.4 Å². The van der Waals surface area contributed by atoms with E-state index in [0.29, 0.717) is 12.0 Å². The number of benzene rings is 1. The van der Waals surface area contributed by atoms with Crippen LogP contribution in [-0.4, -0.2) is 24.5 Å². The predicted octanol–water partition coefficient (Wildman–Crippen LogP) is 4.00. The van der Waals surface area contributed by atoms with Gasteiger partial charge in [0, 0.05) is 12.6 Å². The van der Waals surface area contributed by atoms with Crippen LogP contribution in [0.3, 0.4) is 0 Å². The van der Waals surface area contributed by atoms with Crippen molar-refractivity contribution in [3.8, 4) is 0 Å². The number of nitrogens with zero attached hydrogens (tertiary/aromatic N) is 1. The summed E-state index contributed by atoms with van der Waals surface area (Å²) in [5.74, 6) is 0.667. The van der Waals surface area contributed by atoms with Crippen molar-refractivity contribution in [1.29, 1.82) is 0 Å². The first-order valence-electron chi connectivity index (χ1n) is 8.71. The molecule has 1 fully saturated rings. The molecule has 0 heterocycles. The fraction of sp³-hybridized carbons (Fsp3) is 0.684. The summed E-state index contributed by atoms with van der Waals surface area (Å²) in [6.07, 6.45) is 9.32. The Bertz CT molecular complexity index is 478. The van der Waals surface area contributed by atoms with Crippen molar-refractivity contribution in [2.24, 2.45) is 5.73 Å². The Kier molecular flexibility index (Phi) is 4.37. The highest BCUT2D eigenvalue weighted by Gasteiger charge is 2.43. The SMILES string of the molecule is CC1CCC(CN)(N(C)C2CCCCC2)c2ccccc21. The molecule has 2 nitrogen and oxygen atoms in total. The molecule has 2 heteroatoms. The molecule has 0 aliphatic heterocycles. The Balaban J connectivity index is 1.98. The lowest BCUT2D eigenvalue weighted by atomic mass is 9.70. The maximum atomic E-state index is 6.36. The van der Waals surface area contributed by atoms with Gasteiger partial charge in [-0.05, 0) is 49.8 Å². The molecule has 2 aliphatic carbocycles. The van der Waals surface area contributed by atoms with Crippen LogP contribution in [0, 0.1) is 0 Å². The third-order valence-electron chi connectivity index (χ3n) is 6.12. The molecule has 2 aliphatic rings. The van der Waals surface area contributed by atoms with Crippen molar-refractivity contribution < 1.29 is 0 Å². The van der Waals surface area contributed by atoms with E-state index in [4.69, 9.17) is 5.73 Å². The smallest absolute Gasteiger partial charge is 0.0586 e. The zero-order valence-electron chi connectivity index (χ0n) is 13.6. The standard InChI is InChI=1S/C19H30N2/c1-15-12-13-19(14-20,18-11-7-6-10-17(15)18)21(2)16-8-4-3-5-9-16/h6-7,10-11,15-16H,3-5,8-9,12-14,20H2,1-2H3. The summed E-state index contributed by atoms with van der Waals surface area (Å²) in [5, 5.41) is 0. The minimum Gasteiger partial charge on any atom is -0.328 e. The first-order chi connectivity index (χ1) is 10.2. The van der Waals surface area contributed by atoms with Crippen LogP contribution in [0.1, 0.15) is 68.9 Å². The van der Waals surface area contributed by atoms with E-state index >= 15 is 0 Å². The molecule has 0 saturated heterocycles. The average Bonchev–Trinajstić information content (AvgIpc) is 2.56. The van der Waals surface area contributed by atoms with Gasteiger partial charge in [0.25, 0.3) is 0 Å². The Morgan fingerprint density at radius 3 is 2.57 bits per heavy atom. The highest BCUT2D eigenvalue weighted by Crippen LogP contribution is 2.45. The average molecular weight is 286 g/mol. The van der Waals surface area contributed by atoms with Crippen LogP contribution in [0.25, 0.3) is 0 Å². The third kappa shape index (κ3) is 2.53. The van der Waals surface area contributed by atoms with Crippen molar-refractivity contribution in [1.82, 2.24) is 4.90 Å². The Morgan fingerprint density at radius 1 is 1.14 bits per heavy atom. The van der Waals surface area contributed by atoms with Crippen molar-refractivity contribution >= 4 is 0 Å². The maximum Gasteiger partial charge on any atom is 0.0586 e. The van der Waals surface area contributed by atoms with Gasteiger partial charge in [-0.3, -0.25) is 4.90 Å². The Labute approximate surface area is 129 Å². The van der Waals surface area contributed by atoms with Crippen LogP contribution < -0.4 is 5.73 Å². The molecule has 0 radical (unpaired) electrons. The topological polar surface area (TPSA) is 29.3 Å². The number of hydrogen-bond donors (Lipinski definition) is 1. The molecule has 0 amide bonds. The third-order valence-corrected chi connectivity index (χ3v) is 6.12. The van der Waals surface area contributed by atoms with Gasteiger partial charge >= 0.3 is 0 Å². The predicted molar refractivity (Wildman–Crippen MR) is 89.5 cm³/mol. The lowest BCUT2D eigenvalue weighted by Crippen LogP contribution is -2.55. The van der Waals surface area contributed by atoms with Crippen LogP contribution in [0.15, 0.2) is 24.3 Å². The highest BCUT2D eigenvalue weighted by molar-refractivity contribution is 5.39. The number of rotatable bonds is 3. The summed E-state index contributed by atoms with van der Waals surface area (Å²) in [5.41, 5.74) is 9.45. The summed E-state index contributed by atoms with van der Waals surface area (Å²) >= 11 is 0. The molecule has 116 valence electrons. The quantitative estimate of drug-likeness (QED) is 0.910. The molecule has 2 atom stereocenters. The molecule has 1 aromatic rings. The molecule has 21 heavy (non-hydrogen) atoms. The molecule has 0 bridgehead atoms.